The van der Waals surface area contributed by atoms with E-state index in [9.17, 15) is 19.6 Å². The van der Waals surface area contributed by atoms with Crippen molar-refractivity contribution in [1.82, 2.24) is 5.43 Å². The van der Waals surface area contributed by atoms with Crippen LogP contribution in [-0.4, -0.2) is 22.6 Å². The van der Waals surface area contributed by atoms with Gasteiger partial charge in [0.2, 0.25) is 5.91 Å². The highest BCUT2D eigenvalue weighted by atomic mass is 31.0. The lowest BCUT2D eigenvalue weighted by Crippen LogP contribution is -2.65. The van der Waals surface area contributed by atoms with Gasteiger partial charge in [-0.1, -0.05) is 53.2 Å². The minimum Gasteiger partial charge on any atom is -0.295 e. The molecule has 0 saturated heterocycles. The summed E-state index contributed by atoms with van der Waals surface area (Å²) in [5, 5.41) is 9.19. The Bertz CT molecular complexity index is 1210. The summed E-state index contributed by atoms with van der Waals surface area (Å²) in [5.41, 5.74) is 1.97. The lowest BCUT2D eigenvalue weighted by atomic mass is 9.34. The molecule has 3 N–H and O–H groups in total. The topological polar surface area (TPSA) is 113 Å². The summed E-state index contributed by atoms with van der Waals surface area (Å²) in [6, 6.07) is 2.17. The van der Waals surface area contributed by atoms with Crippen LogP contribution in [0.3, 0.4) is 0 Å². The van der Waals surface area contributed by atoms with E-state index in [0.29, 0.717) is 6.42 Å². The van der Waals surface area contributed by atoms with Crippen molar-refractivity contribution in [2.75, 3.05) is 0 Å². The third-order valence-corrected chi connectivity index (χ3v) is 13.2. The van der Waals surface area contributed by atoms with E-state index >= 15 is 0 Å². The molecule has 6 nitrogen and oxygen atoms in total. The molecule has 3 fully saturated rings. The first-order chi connectivity index (χ1) is 17.0. The summed E-state index contributed by atoms with van der Waals surface area (Å²) in [6.45, 7) is 13.0. The SMILES string of the molecule is CC1(C)C(=O)C(C#N)=C[C@]2(C)C3=CC(=O)C4[C@@H]5C[C@@](P)(C(=O)NN)CC[C@]5(C)CC[C@@]4(C)[C@]3(C)CC[C@@H]12. The monoisotopic (exact) mass is 523 g/mol. The third-order valence-electron chi connectivity index (χ3n) is 12.5. The molecule has 0 bridgehead atoms. The zero-order valence-corrected chi connectivity index (χ0v) is 24.3. The Kier molecular flexibility index (Phi) is 5.68. The van der Waals surface area contributed by atoms with Crippen molar-refractivity contribution in [3.63, 3.8) is 0 Å². The van der Waals surface area contributed by atoms with Gasteiger partial charge in [-0.25, -0.2) is 5.84 Å². The van der Waals surface area contributed by atoms with Crippen LogP contribution in [0.15, 0.2) is 23.3 Å². The highest BCUT2D eigenvalue weighted by Crippen LogP contribution is 2.74. The van der Waals surface area contributed by atoms with Gasteiger partial charge in [-0.05, 0) is 79.1 Å². The molecule has 0 aliphatic heterocycles. The lowest BCUT2D eigenvalue weighted by molar-refractivity contribution is -0.165. The number of carbonyl (C=O) groups is 3. The minimum atomic E-state index is -0.666. The molecule has 7 heteroatoms. The van der Waals surface area contributed by atoms with Gasteiger partial charge in [-0.3, -0.25) is 19.8 Å². The number of hydrogen-bond donors (Lipinski definition) is 2. The van der Waals surface area contributed by atoms with Gasteiger partial charge >= 0.3 is 0 Å². The maximum absolute atomic E-state index is 14.3. The third kappa shape index (κ3) is 3.20. The first-order valence-corrected chi connectivity index (χ1v) is 14.4. The number of nitrogens with two attached hydrogens (primary N) is 1. The Balaban J connectivity index is 1.67. The van der Waals surface area contributed by atoms with Gasteiger partial charge in [0, 0.05) is 16.7 Å². The van der Waals surface area contributed by atoms with Crippen molar-refractivity contribution >= 4 is 26.7 Å². The van der Waals surface area contributed by atoms with E-state index in [4.69, 9.17) is 5.84 Å². The molecular formula is C30H42N3O3P. The second kappa shape index (κ2) is 7.86. The summed E-state index contributed by atoms with van der Waals surface area (Å²) in [5.74, 6) is 5.40. The quantitative estimate of drug-likeness (QED) is 0.222. The van der Waals surface area contributed by atoms with Crippen molar-refractivity contribution in [2.45, 2.75) is 91.6 Å². The maximum Gasteiger partial charge on any atom is 0.243 e. The summed E-state index contributed by atoms with van der Waals surface area (Å²) >= 11 is 0. The van der Waals surface area contributed by atoms with Gasteiger partial charge in [-0.2, -0.15) is 5.26 Å². The number of nitriles is 1. The molecule has 0 aromatic carbocycles. The van der Waals surface area contributed by atoms with Gasteiger partial charge in [0.15, 0.2) is 11.6 Å². The molecule has 5 aliphatic carbocycles. The molecular weight excluding hydrogens is 481 g/mol. The van der Waals surface area contributed by atoms with Gasteiger partial charge in [0.1, 0.15) is 6.07 Å². The van der Waals surface area contributed by atoms with Gasteiger partial charge < -0.3 is 0 Å². The number of hydrazine groups is 1. The molecule has 9 atom stereocenters. The second-order valence-corrected chi connectivity index (χ2v) is 15.5. The normalized spacial score (nSPS) is 48.2. The van der Waals surface area contributed by atoms with Crippen LogP contribution < -0.4 is 11.3 Å². The number of ketones is 2. The van der Waals surface area contributed by atoms with Crippen LogP contribution >= 0.6 is 9.24 Å². The summed E-state index contributed by atoms with van der Waals surface area (Å²) < 4.78 is 0. The van der Waals surface area contributed by atoms with E-state index in [0.717, 1.165) is 44.1 Å². The Morgan fingerprint density at radius 3 is 2.35 bits per heavy atom. The summed E-state index contributed by atoms with van der Waals surface area (Å²) in [4.78, 5) is 40.3. The maximum atomic E-state index is 14.3. The summed E-state index contributed by atoms with van der Waals surface area (Å²) in [6.07, 6.45) is 9.82. The van der Waals surface area contributed by atoms with Crippen LogP contribution in [0.25, 0.3) is 0 Å². The molecule has 2 unspecified atom stereocenters. The Labute approximate surface area is 223 Å². The number of Topliss-reactive ketones (excluding diaryl/α,β-unsaturated/α-hetero) is 1. The van der Waals surface area contributed by atoms with E-state index in [2.05, 4.69) is 48.4 Å². The molecule has 0 aromatic rings. The largest absolute Gasteiger partial charge is 0.295 e. The fraction of sp³-hybridized carbons (Fsp3) is 0.733. The fourth-order valence-electron chi connectivity index (χ4n) is 9.92. The Morgan fingerprint density at radius 1 is 1.08 bits per heavy atom. The standard InChI is InChI=1S/C30H42N3O3P/c1-25(2)20-7-8-28(5)21(27(20,4)14-17(16-31)23(25)35)13-19(34)22-18-15-30(37,24(36)33-32)12-10-26(18,3)9-11-29(22,28)6/h13-14,18,20,22H,7-12,15,32,37H2,1-6H3,(H,33,36)/t18-,20-,22?,26-,27-,28+,29+,30+/m0/s1. The number of fused-ring (bicyclic) bond motifs is 7. The van der Waals surface area contributed by atoms with Crippen LogP contribution in [0, 0.1) is 56.2 Å². The average molecular weight is 524 g/mol. The predicted octanol–water partition coefficient (Wildman–Crippen LogP) is 4.80. The van der Waals surface area contributed by atoms with Crippen LogP contribution in [0.2, 0.25) is 0 Å². The highest BCUT2D eigenvalue weighted by Gasteiger charge is 2.69. The fourth-order valence-corrected chi connectivity index (χ4v) is 10.4. The number of nitrogens with zero attached hydrogens (tertiary/aromatic N) is 1. The lowest BCUT2D eigenvalue weighted by Gasteiger charge is -2.69. The molecule has 5 aliphatic rings. The van der Waals surface area contributed by atoms with Crippen molar-refractivity contribution in [3.8, 4) is 6.07 Å². The molecule has 1 amide bonds. The predicted molar refractivity (Wildman–Crippen MR) is 146 cm³/mol. The van der Waals surface area contributed by atoms with Crippen molar-refractivity contribution in [1.29, 1.82) is 5.26 Å². The molecule has 0 aromatic heterocycles. The van der Waals surface area contributed by atoms with Crippen molar-refractivity contribution in [3.05, 3.63) is 23.3 Å². The number of nitrogens with one attached hydrogen (secondary N) is 1. The zero-order valence-electron chi connectivity index (χ0n) is 23.2. The second-order valence-electron chi connectivity index (χ2n) is 14.4. The van der Waals surface area contributed by atoms with Crippen LogP contribution in [0.4, 0.5) is 0 Å². The van der Waals surface area contributed by atoms with Gasteiger partial charge in [-0.15, -0.1) is 9.24 Å². The minimum absolute atomic E-state index is 0.00468. The molecule has 0 radical (unpaired) electrons. The van der Waals surface area contributed by atoms with Crippen LogP contribution in [-0.2, 0) is 14.4 Å². The van der Waals surface area contributed by atoms with E-state index in [1.807, 2.05) is 26.0 Å². The van der Waals surface area contributed by atoms with Crippen molar-refractivity contribution in [2.24, 2.45) is 50.7 Å². The molecule has 200 valence electrons. The highest BCUT2D eigenvalue weighted by molar-refractivity contribution is 7.21. The first kappa shape index (κ1) is 26.8. The smallest absolute Gasteiger partial charge is 0.243 e. The Morgan fingerprint density at radius 2 is 1.73 bits per heavy atom. The first-order valence-electron chi connectivity index (χ1n) is 13.8. The number of hydrogen-bond acceptors (Lipinski definition) is 5. The molecule has 0 heterocycles. The van der Waals surface area contributed by atoms with E-state index in [-0.39, 0.29) is 57.0 Å². The number of carbonyl (C=O) groups excluding carboxylic acids is 3. The molecule has 0 spiro atoms. The van der Waals surface area contributed by atoms with Gasteiger partial charge in [0.25, 0.3) is 0 Å². The van der Waals surface area contributed by atoms with E-state index in [1.54, 1.807) is 0 Å². The van der Waals surface area contributed by atoms with E-state index in [1.165, 1.54) is 0 Å². The number of rotatable bonds is 1. The molecule has 3 saturated carbocycles. The van der Waals surface area contributed by atoms with Crippen LogP contribution in [0.1, 0.15) is 86.5 Å². The molecule has 37 heavy (non-hydrogen) atoms. The number of amides is 1. The number of allylic oxidation sites excluding steroid dienone is 4. The van der Waals surface area contributed by atoms with Gasteiger partial charge in [0.05, 0.1) is 10.7 Å². The zero-order chi connectivity index (χ0) is 27.4. The van der Waals surface area contributed by atoms with Crippen LogP contribution in [0.5, 0.6) is 0 Å². The summed E-state index contributed by atoms with van der Waals surface area (Å²) in [7, 11) is 2.77. The Hall–Kier alpha value is -1.83. The van der Waals surface area contributed by atoms with Crippen molar-refractivity contribution < 1.29 is 14.4 Å². The van der Waals surface area contributed by atoms with E-state index < -0.39 is 16.0 Å². The molecule has 5 rings (SSSR count). The average Bonchev–Trinajstić information content (AvgIpc) is 2.83.